The lowest BCUT2D eigenvalue weighted by Crippen LogP contribution is -2.02. The molecule has 3 nitrogen and oxygen atoms in total. The monoisotopic (exact) mass is 231 g/mol. The minimum absolute atomic E-state index is 0.0538. The summed E-state index contributed by atoms with van der Waals surface area (Å²) in [6.45, 7) is 5.46. The van der Waals surface area contributed by atoms with E-state index in [4.69, 9.17) is 0 Å². The number of rotatable bonds is 0. The number of hydrogen-bond acceptors (Lipinski definition) is 3. The second-order valence-corrected chi connectivity index (χ2v) is 5.11. The molecule has 0 saturated carbocycles. The molecule has 2 heterocycles. The average molecular weight is 231 g/mol. The second kappa shape index (κ2) is 4.26. The van der Waals surface area contributed by atoms with E-state index < -0.39 is 15.7 Å². The van der Waals surface area contributed by atoms with Gasteiger partial charge in [0.1, 0.15) is 5.82 Å². The molecule has 1 aromatic heterocycles. The fraction of sp³-hybridized carbons (Fsp3) is 0.500. The Balaban J connectivity index is 0.000000531. The van der Waals surface area contributed by atoms with Gasteiger partial charge in [0.2, 0.25) is 0 Å². The normalized spacial score (nSPS) is 16.5. The van der Waals surface area contributed by atoms with E-state index in [0.717, 1.165) is 0 Å². The molecule has 1 aliphatic heterocycles. The van der Waals surface area contributed by atoms with E-state index in [1.807, 2.05) is 13.8 Å². The Kier molecular flexibility index (Phi) is 3.44. The number of nitrogens with zero attached hydrogens (tertiary/aromatic N) is 1. The zero-order valence-electron chi connectivity index (χ0n) is 9.04. The summed E-state index contributed by atoms with van der Waals surface area (Å²) in [5, 5.41) is 0.0615. The molecule has 0 radical (unpaired) electrons. The predicted molar refractivity (Wildman–Crippen MR) is 56.0 cm³/mol. The minimum atomic E-state index is -3.22. The molecular formula is C10H14FNO2S. The topological polar surface area (TPSA) is 47.0 Å². The van der Waals surface area contributed by atoms with Crippen LogP contribution in [-0.4, -0.2) is 19.2 Å². The molecule has 0 saturated heterocycles. The molecule has 0 unspecified atom stereocenters. The first-order valence-electron chi connectivity index (χ1n) is 4.89. The minimum Gasteiger partial charge on any atom is -0.238 e. The molecule has 0 aliphatic carbocycles. The van der Waals surface area contributed by atoms with Gasteiger partial charge in [0.25, 0.3) is 0 Å². The van der Waals surface area contributed by atoms with Gasteiger partial charge in [-0.25, -0.2) is 17.8 Å². The highest BCUT2D eigenvalue weighted by atomic mass is 32.2. The molecule has 0 spiro atoms. The molecule has 1 aromatic rings. The standard InChI is InChI=1S/C8H8FNO2S.C2H6/c1-5-7(9)4-6-2-3-13(11,12)8(6)10-5;1-2/h4H,2-3H2,1H3;1-2H3. The van der Waals surface area contributed by atoms with Crippen molar-refractivity contribution in [3.63, 3.8) is 0 Å². The highest BCUT2D eigenvalue weighted by Crippen LogP contribution is 2.25. The van der Waals surface area contributed by atoms with Gasteiger partial charge in [0.15, 0.2) is 14.9 Å². The molecule has 0 N–H and O–H groups in total. The lowest BCUT2D eigenvalue weighted by atomic mass is 10.2. The van der Waals surface area contributed by atoms with Gasteiger partial charge in [-0.2, -0.15) is 0 Å². The van der Waals surface area contributed by atoms with Crippen molar-refractivity contribution in [2.75, 3.05) is 5.75 Å². The first kappa shape index (κ1) is 12.1. The van der Waals surface area contributed by atoms with Crippen molar-refractivity contribution in [2.45, 2.75) is 32.2 Å². The Labute approximate surface area is 89.3 Å². The van der Waals surface area contributed by atoms with Crippen molar-refractivity contribution < 1.29 is 12.8 Å². The van der Waals surface area contributed by atoms with Crippen molar-refractivity contribution in [3.05, 3.63) is 23.1 Å². The van der Waals surface area contributed by atoms with Crippen molar-refractivity contribution in [3.8, 4) is 0 Å². The van der Waals surface area contributed by atoms with Gasteiger partial charge >= 0.3 is 0 Å². The number of pyridine rings is 1. The maximum atomic E-state index is 13.0. The number of aryl methyl sites for hydroxylation is 2. The zero-order valence-corrected chi connectivity index (χ0v) is 9.86. The molecule has 0 bridgehead atoms. The first-order valence-corrected chi connectivity index (χ1v) is 6.55. The summed E-state index contributed by atoms with van der Waals surface area (Å²) in [7, 11) is -3.22. The van der Waals surface area contributed by atoms with E-state index in [-0.39, 0.29) is 16.5 Å². The molecule has 0 aromatic carbocycles. The van der Waals surface area contributed by atoms with Gasteiger partial charge in [-0.05, 0) is 25.0 Å². The number of aromatic nitrogens is 1. The highest BCUT2D eigenvalue weighted by molar-refractivity contribution is 7.91. The third-order valence-electron chi connectivity index (χ3n) is 2.13. The quantitative estimate of drug-likeness (QED) is 0.685. The molecule has 5 heteroatoms. The number of fused-ring (bicyclic) bond motifs is 1. The van der Waals surface area contributed by atoms with Crippen LogP contribution in [0.4, 0.5) is 4.39 Å². The first-order chi connectivity index (χ1) is 7.00. The largest absolute Gasteiger partial charge is 0.238 e. The van der Waals surface area contributed by atoms with Crippen molar-refractivity contribution in [2.24, 2.45) is 0 Å². The molecule has 2 rings (SSSR count). The Hall–Kier alpha value is -0.970. The lowest BCUT2D eigenvalue weighted by Gasteiger charge is -1.99. The summed E-state index contributed by atoms with van der Waals surface area (Å²) >= 11 is 0. The van der Waals surface area contributed by atoms with E-state index in [0.29, 0.717) is 12.0 Å². The maximum absolute atomic E-state index is 13.0. The molecule has 15 heavy (non-hydrogen) atoms. The second-order valence-electron chi connectivity index (χ2n) is 3.09. The molecule has 1 aliphatic rings. The third kappa shape index (κ3) is 2.17. The van der Waals surface area contributed by atoms with E-state index in [9.17, 15) is 12.8 Å². The third-order valence-corrected chi connectivity index (χ3v) is 3.81. The highest BCUT2D eigenvalue weighted by Gasteiger charge is 2.28. The SMILES string of the molecule is CC.Cc1nc2c(cc1F)CCS2(=O)=O. The number of sulfone groups is 1. The average Bonchev–Trinajstić information content (AvgIpc) is 2.48. The fourth-order valence-electron chi connectivity index (χ4n) is 1.39. The summed E-state index contributed by atoms with van der Waals surface area (Å²) in [5.41, 5.74) is 0.646. The van der Waals surface area contributed by atoms with Crippen LogP contribution in [0.5, 0.6) is 0 Å². The van der Waals surface area contributed by atoms with Gasteiger partial charge in [-0.15, -0.1) is 0 Å². The van der Waals surface area contributed by atoms with Crippen LogP contribution in [0.3, 0.4) is 0 Å². The van der Waals surface area contributed by atoms with Crippen LogP contribution in [0.15, 0.2) is 11.1 Å². The Morgan fingerprint density at radius 1 is 1.40 bits per heavy atom. The molecule has 84 valence electrons. The fourth-order valence-corrected chi connectivity index (χ4v) is 2.90. The Morgan fingerprint density at radius 3 is 2.60 bits per heavy atom. The molecule has 0 amide bonds. The van der Waals surface area contributed by atoms with E-state index in [1.54, 1.807) is 0 Å². The van der Waals surface area contributed by atoms with Crippen LogP contribution in [0.1, 0.15) is 25.1 Å². The zero-order chi connectivity index (χ0) is 11.6. The molecule has 0 fully saturated rings. The van der Waals surface area contributed by atoms with Crippen LogP contribution in [0.25, 0.3) is 0 Å². The van der Waals surface area contributed by atoms with E-state index in [2.05, 4.69) is 4.98 Å². The number of halogens is 1. The van der Waals surface area contributed by atoms with Crippen LogP contribution in [0.2, 0.25) is 0 Å². The van der Waals surface area contributed by atoms with Gasteiger partial charge in [-0.1, -0.05) is 13.8 Å². The smallest absolute Gasteiger partial charge is 0.196 e. The Morgan fingerprint density at radius 2 is 2.00 bits per heavy atom. The number of hydrogen-bond donors (Lipinski definition) is 0. The van der Waals surface area contributed by atoms with Crippen molar-refractivity contribution in [1.82, 2.24) is 4.98 Å². The van der Waals surface area contributed by atoms with Crippen LogP contribution >= 0.6 is 0 Å². The molecule has 0 atom stereocenters. The predicted octanol–water partition coefficient (Wildman–Crippen LogP) is 1.89. The van der Waals surface area contributed by atoms with Crippen LogP contribution < -0.4 is 0 Å². The maximum Gasteiger partial charge on any atom is 0.196 e. The summed E-state index contributed by atoms with van der Waals surface area (Å²) in [6, 6.07) is 1.27. The van der Waals surface area contributed by atoms with Crippen molar-refractivity contribution in [1.29, 1.82) is 0 Å². The van der Waals surface area contributed by atoms with Gasteiger partial charge in [-0.3, -0.25) is 0 Å². The molecular weight excluding hydrogens is 217 g/mol. The summed E-state index contributed by atoms with van der Waals surface area (Å²) < 4.78 is 35.6. The van der Waals surface area contributed by atoms with Crippen molar-refractivity contribution >= 4 is 9.84 Å². The van der Waals surface area contributed by atoms with E-state index >= 15 is 0 Å². The van der Waals surface area contributed by atoms with Crippen LogP contribution in [0, 0.1) is 12.7 Å². The van der Waals surface area contributed by atoms with Gasteiger partial charge in [0, 0.05) is 0 Å². The van der Waals surface area contributed by atoms with Gasteiger partial charge < -0.3 is 0 Å². The summed E-state index contributed by atoms with van der Waals surface area (Å²) in [5.74, 6) is -0.381. The van der Waals surface area contributed by atoms with E-state index in [1.165, 1.54) is 13.0 Å². The Bertz CT molecular complexity index is 469. The summed E-state index contributed by atoms with van der Waals surface area (Å²) in [4.78, 5) is 3.74. The van der Waals surface area contributed by atoms with Gasteiger partial charge in [0.05, 0.1) is 11.4 Å². The van der Waals surface area contributed by atoms with Crippen LogP contribution in [-0.2, 0) is 16.3 Å². The summed E-state index contributed by atoms with van der Waals surface area (Å²) in [6.07, 6.45) is 0.377. The lowest BCUT2D eigenvalue weighted by molar-refractivity contribution is 0.589.